The highest BCUT2D eigenvalue weighted by atomic mass is 35.5. The second kappa shape index (κ2) is 8.88. The summed E-state index contributed by atoms with van der Waals surface area (Å²) in [6.45, 7) is 4.58. The molecule has 0 bridgehead atoms. The van der Waals surface area contributed by atoms with Gasteiger partial charge in [-0.15, -0.1) is 10.2 Å². The summed E-state index contributed by atoms with van der Waals surface area (Å²) < 4.78 is 8.12. The van der Waals surface area contributed by atoms with Crippen molar-refractivity contribution in [2.75, 3.05) is 5.32 Å². The highest BCUT2D eigenvalue weighted by molar-refractivity contribution is 6.31. The van der Waals surface area contributed by atoms with Crippen molar-refractivity contribution in [1.82, 2.24) is 14.8 Å². The molecule has 3 aromatic rings. The molecule has 30 heavy (non-hydrogen) atoms. The van der Waals surface area contributed by atoms with Crippen LogP contribution in [0.3, 0.4) is 0 Å². The summed E-state index contributed by atoms with van der Waals surface area (Å²) in [4.78, 5) is 12.6. The first-order valence-electron chi connectivity index (χ1n) is 10.3. The van der Waals surface area contributed by atoms with Crippen molar-refractivity contribution in [2.45, 2.75) is 52.2 Å². The van der Waals surface area contributed by atoms with Crippen LogP contribution in [-0.2, 0) is 17.8 Å². The molecule has 0 aliphatic carbocycles. The molecule has 156 valence electrons. The molecule has 1 aromatic heterocycles. The highest BCUT2D eigenvalue weighted by Crippen LogP contribution is 2.26. The average molecular weight is 425 g/mol. The molecule has 0 radical (unpaired) electrons. The number of aryl methyl sites for hydroxylation is 2. The summed E-state index contributed by atoms with van der Waals surface area (Å²) in [5, 5.41) is 12.2. The van der Waals surface area contributed by atoms with E-state index in [4.69, 9.17) is 16.3 Å². The third-order valence-electron chi connectivity index (χ3n) is 5.34. The van der Waals surface area contributed by atoms with Crippen LogP contribution >= 0.6 is 11.6 Å². The van der Waals surface area contributed by atoms with Crippen LogP contribution in [0, 0.1) is 6.92 Å². The molecule has 1 amide bonds. The lowest BCUT2D eigenvalue weighted by Gasteiger charge is -2.16. The van der Waals surface area contributed by atoms with Crippen LogP contribution in [0.4, 0.5) is 5.69 Å². The molecule has 6 nitrogen and oxygen atoms in total. The van der Waals surface area contributed by atoms with Crippen LogP contribution < -0.4 is 10.1 Å². The molecule has 2 aromatic carbocycles. The highest BCUT2D eigenvalue weighted by Gasteiger charge is 2.19. The normalized spacial score (nSPS) is 14.5. The lowest BCUT2D eigenvalue weighted by atomic mass is 10.2. The summed E-state index contributed by atoms with van der Waals surface area (Å²) in [5.74, 6) is 2.27. The number of ether oxygens (including phenoxy) is 1. The summed E-state index contributed by atoms with van der Waals surface area (Å²) in [6, 6.07) is 13.1. The van der Waals surface area contributed by atoms with Crippen molar-refractivity contribution in [3.05, 3.63) is 58.9 Å². The summed E-state index contributed by atoms with van der Waals surface area (Å²) in [7, 11) is 0. The van der Waals surface area contributed by atoms with E-state index in [1.165, 1.54) is 6.42 Å². The molecule has 4 rings (SSSR count). The fourth-order valence-electron chi connectivity index (χ4n) is 3.63. The lowest BCUT2D eigenvalue weighted by molar-refractivity contribution is -0.122. The van der Waals surface area contributed by atoms with Gasteiger partial charge in [0.1, 0.15) is 11.6 Å². The van der Waals surface area contributed by atoms with Gasteiger partial charge in [-0.05, 0) is 56.5 Å². The molecule has 1 atom stereocenters. The number of benzene rings is 2. The molecule has 0 saturated carbocycles. The smallest absolute Gasteiger partial charge is 0.265 e. The molecule has 0 saturated heterocycles. The largest absolute Gasteiger partial charge is 0.481 e. The van der Waals surface area contributed by atoms with E-state index < -0.39 is 6.10 Å². The van der Waals surface area contributed by atoms with Gasteiger partial charge in [0, 0.05) is 29.2 Å². The fraction of sp³-hybridized carbons (Fsp3) is 0.348. The van der Waals surface area contributed by atoms with Gasteiger partial charge in [0.05, 0.1) is 0 Å². The minimum Gasteiger partial charge on any atom is -0.481 e. The number of nitrogens with one attached hydrogen (secondary N) is 1. The lowest BCUT2D eigenvalue weighted by Crippen LogP contribution is -2.30. The van der Waals surface area contributed by atoms with Crippen molar-refractivity contribution in [2.24, 2.45) is 0 Å². The molecule has 1 aliphatic rings. The number of halogens is 1. The Morgan fingerprint density at radius 1 is 1.17 bits per heavy atom. The second-order valence-electron chi connectivity index (χ2n) is 7.64. The maximum Gasteiger partial charge on any atom is 0.265 e. The van der Waals surface area contributed by atoms with Crippen molar-refractivity contribution in [3.8, 4) is 17.1 Å². The second-order valence-corrected chi connectivity index (χ2v) is 8.07. The van der Waals surface area contributed by atoms with E-state index in [-0.39, 0.29) is 5.91 Å². The standard InChI is InChI=1S/C23H25ClN4O2/c1-15-10-11-18(24)14-20(15)25-23(29)16(2)30-19-8-6-7-17(13-19)22-27-26-21-9-4-3-5-12-28(21)22/h6-8,10-11,13-14,16H,3-5,9,12H2,1-2H3,(H,25,29)/t16-/m1/s1. The number of nitrogens with zero attached hydrogens (tertiary/aromatic N) is 3. The van der Waals surface area contributed by atoms with Crippen molar-refractivity contribution in [1.29, 1.82) is 0 Å². The minimum absolute atomic E-state index is 0.234. The quantitative estimate of drug-likeness (QED) is 0.623. The number of amides is 1. The van der Waals surface area contributed by atoms with Gasteiger partial charge < -0.3 is 14.6 Å². The molecule has 7 heteroatoms. The third kappa shape index (κ3) is 4.49. The van der Waals surface area contributed by atoms with Crippen LogP contribution in [0.2, 0.25) is 5.02 Å². The van der Waals surface area contributed by atoms with E-state index in [9.17, 15) is 4.79 Å². The van der Waals surface area contributed by atoms with E-state index in [1.54, 1.807) is 19.1 Å². The zero-order chi connectivity index (χ0) is 21.1. The zero-order valence-electron chi connectivity index (χ0n) is 17.2. The molecule has 0 spiro atoms. The topological polar surface area (TPSA) is 69.0 Å². The number of aromatic nitrogens is 3. The fourth-order valence-corrected chi connectivity index (χ4v) is 3.80. The van der Waals surface area contributed by atoms with Crippen molar-refractivity contribution in [3.63, 3.8) is 0 Å². The summed E-state index contributed by atoms with van der Waals surface area (Å²) >= 11 is 6.04. The van der Waals surface area contributed by atoms with Crippen molar-refractivity contribution >= 4 is 23.2 Å². The number of carbonyl (C=O) groups excluding carboxylic acids is 1. The van der Waals surface area contributed by atoms with Gasteiger partial charge >= 0.3 is 0 Å². The monoisotopic (exact) mass is 424 g/mol. The molecule has 2 heterocycles. The van der Waals surface area contributed by atoms with E-state index >= 15 is 0 Å². The number of fused-ring (bicyclic) bond motifs is 1. The van der Waals surface area contributed by atoms with Crippen LogP contribution in [-0.4, -0.2) is 26.8 Å². The average Bonchev–Trinajstić information content (AvgIpc) is 2.99. The number of rotatable bonds is 5. The van der Waals surface area contributed by atoms with E-state index in [2.05, 4.69) is 20.1 Å². The number of hydrogen-bond donors (Lipinski definition) is 1. The SMILES string of the molecule is Cc1ccc(Cl)cc1NC(=O)[C@@H](C)Oc1cccc(-c2nnc3n2CCCCC3)c1. The van der Waals surface area contributed by atoms with Gasteiger partial charge in [-0.1, -0.05) is 36.2 Å². The maximum atomic E-state index is 12.6. The molecule has 1 aliphatic heterocycles. The van der Waals surface area contributed by atoms with Crippen LogP contribution in [0.25, 0.3) is 11.4 Å². The first-order valence-corrected chi connectivity index (χ1v) is 10.7. The molecular formula is C23H25ClN4O2. The Bertz CT molecular complexity index is 1060. The Morgan fingerprint density at radius 2 is 2.03 bits per heavy atom. The van der Waals surface area contributed by atoms with E-state index in [0.29, 0.717) is 16.5 Å². The van der Waals surface area contributed by atoms with Crippen LogP contribution in [0.15, 0.2) is 42.5 Å². The van der Waals surface area contributed by atoms with Crippen molar-refractivity contribution < 1.29 is 9.53 Å². The van der Waals surface area contributed by atoms with Gasteiger partial charge in [0.15, 0.2) is 11.9 Å². The summed E-state index contributed by atoms with van der Waals surface area (Å²) in [6.07, 6.45) is 3.79. The Morgan fingerprint density at radius 3 is 2.90 bits per heavy atom. The minimum atomic E-state index is -0.672. The molecular weight excluding hydrogens is 400 g/mol. The van der Waals surface area contributed by atoms with Gasteiger partial charge in [-0.3, -0.25) is 4.79 Å². The third-order valence-corrected chi connectivity index (χ3v) is 5.58. The Hall–Kier alpha value is -2.86. The van der Waals surface area contributed by atoms with Crippen LogP contribution in [0.5, 0.6) is 5.75 Å². The van der Waals surface area contributed by atoms with Gasteiger partial charge in [0.25, 0.3) is 5.91 Å². The molecule has 1 N–H and O–H groups in total. The van der Waals surface area contributed by atoms with Gasteiger partial charge in [-0.25, -0.2) is 0 Å². The molecule has 0 fully saturated rings. The number of carbonyl (C=O) groups is 1. The zero-order valence-corrected chi connectivity index (χ0v) is 17.9. The predicted octanol–water partition coefficient (Wildman–Crippen LogP) is 5.04. The van der Waals surface area contributed by atoms with Gasteiger partial charge in [-0.2, -0.15) is 0 Å². The Kier molecular flexibility index (Phi) is 6.04. The number of hydrogen-bond acceptors (Lipinski definition) is 4. The first kappa shape index (κ1) is 20.4. The Balaban J connectivity index is 1.49. The first-order chi connectivity index (χ1) is 14.5. The molecule has 0 unspecified atom stereocenters. The maximum absolute atomic E-state index is 12.6. The number of anilines is 1. The predicted molar refractivity (Wildman–Crippen MR) is 118 cm³/mol. The summed E-state index contributed by atoms with van der Waals surface area (Å²) in [5.41, 5.74) is 2.56. The van der Waals surface area contributed by atoms with Gasteiger partial charge in [0.2, 0.25) is 0 Å². The van der Waals surface area contributed by atoms with Crippen LogP contribution in [0.1, 0.15) is 37.6 Å². The van der Waals surface area contributed by atoms with E-state index in [1.807, 2.05) is 37.3 Å². The van der Waals surface area contributed by atoms with E-state index in [0.717, 1.165) is 48.6 Å². The Labute approximate surface area is 181 Å².